The zero-order valence-electron chi connectivity index (χ0n) is 10.2. The van der Waals surface area contributed by atoms with E-state index in [-0.39, 0.29) is 17.1 Å². The zero-order valence-corrected chi connectivity index (χ0v) is 11.9. The van der Waals surface area contributed by atoms with Gasteiger partial charge in [-0.1, -0.05) is 6.07 Å². The summed E-state index contributed by atoms with van der Waals surface area (Å²) in [5.74, 6) is 0. The van der Waals surface area contributed by atoms with Gasteiger partial charge >= 0.3 is 17.1 Å². The third kappa shape index (κ3) is 4.37. The number of hydrazone groups is 1. The van der Waals surface area contributed by atoms with E-state index in [0.717, 1.165) is 24.5 Å². The van der Waals surface area contributed by atoms with Crippen LogP contribution < -0.4 is 5.43 Å². The quantitative estimate of drug-likeness (QED) is 0.390. The van der Waals surface area contributed by atoms with Crippen LogP contribution in [0.2, 0.25) is 0 Å². The fraction of sp³-hybridized carbons (Fsp3) is 0.417. The average Bonchev–Trinajstić information content (AvgIpc) is 2.82. The third-order valence-corrected chi connectivity index (χ3v) is 3.01. The molecule has 0 aliphatic carbocycles. The summed E-state index contributed by atoms with van der Waals surface area (Å²) in [7, 11) is 0. The van der Waals surface area contributed by atoms with Crippen LogP contribution in [0.3, 0.4) is 0 Å². The Balaban J connectivity index is 0.00000162. The molecule has 0 amide bonds. The summed E-state index contributed by atoms with van der Waals surface area (Å²) < 4.78 is 0. The number of thiocarbonyl (C=S) groups is 1. The van der Waals surface area contributed by atoms with Gasteiger partial charge in [0.15, 0.2) is 5.11 Å². The third-order valence-electron chi connectivity index (χ3n) is 2.66. The average molecular weight is 312 g/mol. The van der Waals surface area contributed by atoms with Gasteiger partial charge in [-0.3, -0.25) is 10.4 Å². The maximum atomic E-state index is 5.24. The molecule has 1 radical (unpaired) electrons. The fourth-order valence-corrected chi connectivity index (χ4v) is 2.02. The summed E-state index contributed by atoms with van der Waals surface area (Å²) in [6.07, 6.45) is 4.12. The SMILES string of the molecule is Cc1cccc(C=NNC(=S)N2CCCC2)n1.[Cu+2]. The number of pyridine rings is 1. The molecule has 0 spiro atoms. The number of aryl methyl sites for hydroxylation is 1. The Morgan fingerprint density at radius 1 is 1.44 bits per heavy atom. The van der Waals surface area contributed by atoms with Crippen molar-refractivity contribution in [3.8, 4) is 0 Å². The largest absolute Gasteiger partial charge is 2.00 e. The smallest absolute Gasteiger partial charge is 0.348 e. The van der Waals surface area contributed by atoms with Gasteiger partial charge < -0.3 is 4.90 Å². The number of likely N-dealkylation sites (tertiary alicyclic amines) is 1. The van der Waals surface area contributed by atoms with Crippen LogP contribution >= 0.6 is 12.2 Å². The summed E-state index contributed by atoms with van der Waals surface area (Å²) >= 11 is 5.24. The van der Waals surface area contributed by atoms with E-state index in [1.165, 1.54) is 12.8 Å². The van der Waals surface area contributed by atoms with Crippen molar-refractivity contribution in [2.24, 2.45) is 5.10 Å². The van der Waals surface area contributed by atoms with Crippen molar-refractivity contribution in [3.63, 3.8) is 0 Å². The van der Waals surface area contributed by atoms with Crippen LogP contribution in [0, 0.1) is 6.92 Å². The predicted molar refractivity (Wildman–Crippen MR) is 73.1 cm³/mol. The topological polar surface area (TPSA) is 40.5 Å². The van der Waals surface area contributed by atoms with Gasteiger partial charge in [-0.25, -0.2) is 0 Å². The maximum Gasteiger partial charge on any atom is 2.00 e. The molecule has 1 aliphatic rings. The molecule has 1 aromatic heterocycles. The van der Waals surface area contributed by atoms with Crippen LogP contribution in [0.4, 0.5) is 0 Å². The molecule has 99 valence electrons. The van der Waals surface area contributed by atoms with Crippen LogP contribution in [-0.2, 0) is 17.1 Å². The minimum atomic E-state index is 0. The van der Waals surface area contributed by atoms with Gasteiger partial charge in [0.25, 0.3) is 0 Å². The summed E-state index contributed by atoms with van der Waals surface area (Å²) in [5, 5.41) is 4.81. The van der Waals surface area contributed by atoms with Crippen molar-refractivity contribution in [1.82, 2.24) is 15.3 Å². The molecule has 1 fully saturated rings. The number of nitrogens with one attached hydrogen (secondary N) is 1. The van der Waals surface area contributed by atoms with Crippen LogP contribution in [0.5, 0.6) is 0 Å². The molecule has 1 saturated heterocycles. The Morgan fingerprint density at radius 3 is 2.83 bits per heavy atom. The number of aromatic nitrogens is 1. The standard InChI is InChI=1S/C12H16N4S.Cu/c1-10-5-4-6-11(14-10)9-13-15-12(17)16-7-2-3-8-16;/h4-6,9H,2-3,7-8H2,1H3,(H,15,17);/q;+2. The molecule has 0 saturated carbocycles. The van der Waals surface area contributed by atoms with E-state index >= 15 is 0 Å². The number of hydrogen-bond donors (Lipinski definition) is 1. The first-order chi connectivity index (χ1) is 8.25. The number of hydrogen-bond acceptors (Lipinski definition) is 3. The van der Waals surface area contributed by atoms with Gasteiger partial charge in [-0.2, -0.15) is 5.10 Å². The number of rotatable bonds is 2. The van der Waals surface area contributed by atoms with Crippen LogP contribution in [-0.4, -0.2) is 34.3 Å². The normalized spacial score (nSPS) is 14.6. The molecular weight excluding hydrogens is 296 g/mol. The molecule has 0 bridgehead atoms. The van der Waals surface area contributed by atoms with Gasteiger partial charge in [0, 0.05) is 18.8 Å². The second kappa shape index (κ2) is 7.46. The van der Waals surface area contributed by atoms with Crippen molar-refractivity contribution in [3.05, 3.63) is 29.6 Å². The van der Waals surface area contributed by atoms with E-state index in [1.54, 1.807) is 6.21 Å². The molecule has 0 unspecified atom stereocenters. The van der Waals surface area contributed by atoms with Gasteiger partial charge in [0.1, 0.15) is 0 Å². The summed E-state index contributed by atoms with van der Waals surface area (Å²) in [6, 6.07) is 5.83. The first-order valence-corrected chi connectivity index (χ1v) is 6.18. The number of nitrogens with zero attached hydrogens (tertiary/aromatic N) is 3. The zero-order chi connectivity index (χ0) is 12.1. The Labute approximate surface area is 123 Å². The van der Waals surface area contributed by atoms with Crippen LogP contribution in [0.25, 0.3) is 0 Å². The first kappa shape index (κ1) is 15.1. The summed E-state index contributed by atoms with van der Waals surface area (Å²) in [4.78, 5) is 6.46. The molecule has 1 N–H and O–H groups in total. The Kier molecular flexibility index (Phi) is 6.25. The molecule has 4 nitrogen and oxygen atoms in total. The van der Waals surface area contributed by atoms with Gasteiger partial charge in [-0.05, 0) is 44.1 Å². The molecular formula is C12H16CuN4S+2. The van der Waals surface area contributed by atoms with Crippen molar-refractivity contribution in [1.29, 1.82) is 0 Å². The fourth-order valence-electron chi connectivity index (χ4n) is 1.78. The maximum absolute atomic E-state index is 5.24. The summed E-state index contributed by atoms with van der Waals surface area (Å²) in [6.45, 7) is 4.02. The van der Waals surface area contributed by atoms with Crippen molar-refractivity contribution < 1.29 is 17.1 Å². The molecule has 2 heterocycles. The Bertz CT molecular complexity index is 430. The van der Waals surface area contributed by atoms with Gasteiger partial charge in [-0.15, -0.1) is 0 Å². The van der Waals surface area contributed by atoms with E-state index in [1.807, 2.05) is 25.1 Å². The minimum absolute atomic E-state index is 0. The monoisotopic (exact) mass is 311 g/mol. The van der Waals surface area contributed by atoms with Crippen molar-refractivity contribution in [2.45, 2.75) is 19.8 Å². The molecule has 6 heteroatoms. The van der Waals surface area contributed by atoms with Crippen LogP contribution in [0.1, 0.15) is 24.2 Å². The second-order valence-corrected chi connectivity index (χ2v) is 4.46. The molecule has 0 atom stereocenters. The van der Waals surface area contributed by atoms with Crippen LogP contribution in [0.15, 0.2) is 23.3 Å². The van der Waals surface area contributed by atoms with E-state index in [4.69, 9.17) is 12.2 Å². The Morgan fingerprint density at radius 2 is 2.17 bits per heavy atom. The molecule has 0 aromatic carbocycles. The van der Waals surface area contributed by atoms with E-state index in [2.05, 4.69) is 20.4 Å². The summed E-state index contributed by atoms with van der Waals surface area (Å²) in [5.41, 5.74) is 4.70. The molecule has 1 aliphatic heterocycles. The van der Waals surface area contributed by atoms with Crippen molar-refractivity contribution >= 4 is 23.5 Å². The van der Waals surface area contributed by atoms with Crippen molar-refractivity contribution in [2.75, 3.05) is 13.1 Å². The van der Waals surface area contributed by atoms with Gasteiger partial charge in [0.05, 0.1) is 11.9 Å². The van der Waals surface area contributed by atoms with E-state index in [0.29, 0.717) is 5.11 Å². The molecule has 2 rings (SSSR count). The van der Waals surface area contributed by atoms with Gasteiger partial charge in [0.2, 0.25) is 0 Å². The molecule has 1 aromatic rings. The molecule has 18 heavy (non-hydrogen) atoms. The minimum Gasteiger partial charge on any atom is -0.348 e. The van der Waals surface area contributed by atoms with E-state index < -0.39 is 0 Å². The second-order valence-electron chi connectivity index (χ2n) is 4.07. The van der Waals surface area contributed by atoms with E-state index in [9.17, 15) is 0 Å². The first-order valence-electron chi connectivity index (χ1n) is 5.77. The Hall–Kier alpha value is -0.971. The predicted octanol–water partition coefficient (Wildman–Crippen LogP) is 1.69.